The normalized spacial score (nSPS) is 23.7. The van der Waals surface area contributed by atoms with Gasteiger partial charge in [-0.15, -0.1) is 0 Å². The van der Waals surface area contributed by atoms with Gasteiger partial charge in [-0.2, -0.15) is 0 Å². The molecule has 1 fully saturated rings. The topological polar surface area (TPSA) is 26.3 Å². The Morgan fingerprint density at radius 2 is 2.00 bits per heavy atom. The van der Waals surface area contributed by atoms with E-state index < -0.39 is 0 Å². The second-order valence-electron chi connectivity index (χ2n) is 4.77. The standard InChI is InChI=1S/C15H20O2/c1-2-3-5-10-13-11-17-15(16)14(13)12-8-6-4-7-9-12/h4,6-9,13-14H,2-3,5,10-11H2,1H3/t13-,14+/m1/s1. The fraction of sp³-hybridized carbons (Fsp3) is 0.533. The number of unbranched alkanes of at least 4 members (excludes halogenated alkanes) is 2. The third-order valence-corrected chi connectivity index (χ3v) is 3.50. The Bertz CT molecular complexity index is 358. The summed E-state index contributed by atoms with van der Waals surface area (Å²) in [6.07, 6.45) is 4.75. The number of cyclic esters (lactones) is 1. The van der Waals surface area contributed by atoms with Crippen LogP contribution in [-0.4, -0.2) is 12.6 Å². The van der Waals surface area contributed by atoms with Crippen molar-refractivity contribution in [1.82, 2.24) is 0 Å². The molecular formula is C15H20O2. The molecule has 1 saturated heterocycles. The first kappa shape index (κ1) is 12.2. The summed E-state index contributed by atoms with van der Waals surface area (Å²) in [5.41, 5.74) is 1.11. The summed E-state index contributed by atoms with van der Waals surface area (Å²) in [4.78, 5) is 11.8. The molecule has 0 radical (unpaired) electrons. The van der Waals surface area contributed by atoms with Crippen molar-refractivity contribution < 1.29 is 9.53 Å². The molecular weight excluding hydrogens is 212 g/mol. The molecule has 0 N–H and O–H groups in total. The lowest BCUT2D eigenvalue weighted by molar-refractivity contribution is -0.139. The minimum Gasteiger partial charge on any atom is -0.465 e. The van der Waals surface area contributed by atoms with E-state index in [-0.39, 0.29) is 11.9 Å². The molecule has 1 aliphatic heterocycles. The monoisotopic (exact) mass is 232 g/mol. The van der Waals surface area contributed by atoms with Gasteiger partial charge in [0.2, 0.25) is 0 Å². The first-order valence-corrected chi connectivity index (χ1v) is 6.54. The zero-order valence-electron chi connectivity index (χ0n) is 10.4. The Labute approximate surface area is 103 Å². The van der Waals surface area contributed by atoms with E-state index in [0.717, 1.165) is 12.0 Å². The summed E-state index contributed by atoms with van der Waals surface area (Å²) in [5.74, 6) is 0.294. The Balaban J connectivity index is 2.04. The summed E-state index contributed by atoms with van der Waals surface area (Å²) < 4.78 is 5.22. The maximum absolute atomic E-state index is 11.8. The first-order valence-electron chi connectivity index (χ1n) is 6.54. The molecule has 0 bridgehead atoms. The van der Waals surface area contributed by atoms with Crippen molar-refractivity contribution in [3.8, 4) is 0 Å². The summed E-state index contributed by atoms with van der Waals surface area (Å²) in [6.45, 7) is 2.80. The van der Waals surface area contributed by atoms with Crippen LogP contribution in [0.25, 0.3) is 0 Å². The van der Waals surface area contributed by atoms with Crippen LogP contribution in [0.5, 0.6) is 0 Å². The Morgan fingerprint density at radius 3 is 2.71 bits per heavy atom. The van der Waals surface area contributed by atoms with E-state index in [1.807, 2.05) is 30.3 Å². The molecule has 1 aromatic rings. The highest BCUT2D eigenvalue weighted by Crippen LogP contribution is 2.35. The van der Waals surface area contributed by atoms with Crippen molar-refractivity contribution in [1.29, 1.82) is 0 Å². The highest BCUT2D eigenvalue weighted by atomic mass is 16.5. The number of esters is 1. The van der Waals surface area contributed by atoms with Crippen LogP contribution in [0.2, 0.25) is 0 Å². The van der Waals surface area contributed by atoms with Crippen molar-refractivity contribution in [3.63, 3.8) is 0 Å². The van der Waals surface area contributed by atoms with E-state index in [0.29, 0.717) is 12.5 Å². The molecule has 2 rings (SSSR count). The second-order valence-corrected chi connectivity index (χ2v) is 4.77. The van der Waals surface area contributed by atoms with Gasteiger partial charge in [-0.25, -0.2) is 0 Å². The maximum Gasteiger partial charge on any atom is 0.313 e. The molecule has 0 amide bonds. The Morgan fingerprint density at radius 1 is 1.24 bits per heavy atom. The Hall–Kier alpha value is -1.31. The van der Waals surface area contributed by atoms with E-state index in [1.165, 1.54) is 19.3 Å². The second kappa shape index (κ2) is 5.85. The van der Waals surface area contributed by atoms with Crippen molar-refractivity contribution in [2.24, 2.45) is 5.92 Å². The third kappa shape index (κ3) is 2.87. The van der Waals surface area contributed by atoms with Crippen molar-refractivity contribution in [2.75, 3.05) is 6.61 Å². The summed E-state index contributed by atoms with van der Waals surface area (Å²) in [6, 6.07) is 10.0. The average molecular weight is 232 g/mol. The fourth-order valence-corrected chi connectivity index (χ4v) is 2.54. The molecule has 92 valence electrons. The van der Waals surface area contributed by atoms with Gasteiger partial charge in [-0.1, -0.05) is 56.5 Å². The van der Waals surface area contributed by atoms with Crippen LogP contribution in [0.3, 0.4) is 0 Å². The molecule has 17 heavy (non-hydrogen) atoms. The van der Waals surface area contributed by atoms with Gasteiger partial charge in [0, 0.05) is 5.92 Å². The molecule has 0 saturated carbocycles. The number of carbonyl (C=O) groups excluding carboxylic acids is 1. The number of ether oxygens (including phenoxy) is 1. The molecule has 2 nitrogen and oxygen atoms in total. The zero-order valence-corrected chi connectivity index (χ0v) is 10.4. The molecule has 1 heterocycles. The lowest BCUT2D eigenvalue weighted by Crippen LogP contribution is -2.13. The highest BCUT2D eigenvalue weighted by molar-refractivity contribution is 5.80. The number of hydrogen-bond donors (Lipinski definition) is 0. The predicted molar refractivity (Wildman–Crippen MR) is 67.8 cm³/mol. The van der Waals surface area contributed by atoms with Gasteiger partial charge in [0.1, 0.15) is 0 Å². The molecule has 2 heteroatoms. The molecule has 1 aliphatic rings. The first-order chi connectivity index (χ1) is 8.33. The minimum absolute atomic E-state index is 0.0342. The molecule has 1 aromatic carbocycles. The summed E-state index contributed by atoms with van der Waals surface area (Å²) >= 11 is 0. The molecule has 0 aliphatic carbocycles. The van der Waals surface area contributed by atoms with Crippen molar-refractivity contribution in [3.05, 3.63) is 35.9 Å². The van der Waals surface area contributed by atoms with Crippen LogP contribution in [0, 0.1) is 5.92 Å². The molecule has 0 spiro atoms. The maximum atomic E-state index is 11.8. The highest BCUT2D eigenvalue weighted by Gasteiger charge is 2.37. The van der Waals surface area contributed by atoms with E-state index in [9.17, 15) is 4.79 Å². The van der Waals surface area contributed by atoms with Crippen LogP contribution < -0.4 is 0 Å². The van der Waals surface area contributed by atoms with Gasteiger partial charge >= 0.3 is 5.97 Å². The molecule has 0 aromatic heterocycles. The van der Waals surface area contributed by atoms with E-state index in [4.69, 9.17) is 4.74 Å². The van der Waals surface area contributed by atoms with E-state index >= 15 is 0 Å². The number of rotatable bonds is 5. The lowest BCUT2D eigenvalue weighted by atomic mass is 9.85. The van der Waals surface area contributed by atoms with E-state index in [1.54, 1.807) is 0 Å². The molecule has 2 atom stereocenters. The number of carbonyl (C=O) groups is 1. The largest absolute Gasteiger partial charge is 0.465 e. The summed E-state index contributed by atoms with van der Waals surface area (Å²) in [5, 5.41) is 0. The van der Waals surface area contributed by atoms with E-state index in [2.05, 4.69) is 6.92 Å². The lowest BCUT2D eigenvalue weighted by Gasteiger charge is -2.15. The fourth-order valence-electron chi connectivity index (χ4n) is 2.54. The van der Waals surface area contributed by atoms with Gasteiger partial charge in [0.25, 0.3) is 0 Å². The Kier molecular flexibility index (Phi) is 4.18. The minimum atomic E-state index is -0.0438. The smallest absolute Gasteiger partial charge is 0.313 e. The quantitative estimate of drug-likeness (QED) is 0.573. The zero-order chi connectivity index (χ0) is 12.1. The van der Waals surface area contributed by atoms with Crippen LogP contribution in [0.15, 0.2) is 30.3 Å². The predicted octanol–water partition coefficient (Wildman–Crippen LogP) is 3.52. The van der Waals surface area contributed by atoms with Crippen LogP contribution in [0.4, 0.5) is 0 Å². The van der Waals surface area contributed by atoms with Crippen molar-refractivity contribution >= 4 is 5.97 Å². The number of hydrogen-bond acceptors (Lipinski definition) is 2. The number of benzene rings is 1. The van der Waals surface area contributed by atoms with Gasteiger partial charge in [0.05, 0.1) is 12.5 Å². The van der Waals surface area contributed by atoms with Gasteiger partial charge in [-0.05, 0) is 12.0 Å². The van der Waals surface area contributed by atoms with Crippen LogP contribution >= 0.6 is 0 Å². The summed E-state index contributed by atoms with van der Waals surface area (Å²) in [7, 11) is 0. The SMILES string of the molecule is CCCCC[C@@H]1COC(=O)[C@H]1c1ccccc1. The van der Waals surface area contributed by atoms with Gasteiger partial charge in [0.15, 0.2) is 0 Å². The van der Waals surface area contributed by atoms with Crippen LogP contribution in [-0.2, 0) is 9.53 Å². The van der Waals surface area contributed by atoms with Gasteiger partial charge in [-0.3, -0.25) is 4.79 Å². The van der Waals surface area contributed by atoms with Gasteiger partial charge < -0.3 is 4.74 Å². The molecule has 0 unspecified atom stereocenters. The third-order valence-electron chi connectivity index (χ3n) is 3.50. The van der Waals surface area contributed by atoms with Crippen molar-refractivity contribution in [2.45, 2.75) is 38.5 Å². The van der Waals surface area contributed by atoms with Crippen LogP contribution in [0.1, 0.15) is 44.1 Å². The average Bonchev–Trinajstić information content (AvgIpc) is 2.72.